The molecule has 2 aliphatic heterocycles. The molecule has 3 N–H and O–H groups in total. The van der Waals surface area contributed by atoms with Gasteiger partial charge in [-0.1, -0.05) is 30.3 Å². The van der Waals surface area contributed by atoms with Gasteiger partial charge in [-0.15, -0.1) is 0 Å². The molecule has 4 amide bonds. The van der Waals surface area contributed by atoms with Gasteiger partial charge in [0.25, 0.3) is 17.7 Å². The third-order valence-corrected chi connectivity index (χ3v) is 6.29. The molecule has 0 saturated carbocycles. The monoisotopic (exact) mass is 474 g/mol. The molecule has 1 saturated heterocycles. The number of amides is 4. The van der Waals surface area contributed by atoms with Crippen molar-refractivity contribution in [3.05, 3.63) is 72.1 Å². The van der Waals surface area contributed by atoms with E-state index in [4.69, 9.17) is 0 Å². The summed E-state index contributed by atoms with van der Waals surface area (Å²) >= 11 is 0. The zero-order valence-electron chi connectivity index (χ0n) is 18.8. The van der Waals surface area contributed by atoms with E-state index in [0.29, 0.717) is 23.4 Å². The number of carbonyl (C=O) groups excluding carboxylic acids is 4. The Balaban J connectivity index is 1.29. The Morgan fingerprint density at radius 2 is 1.77 bits per heavy atom. The smallest absolute Gasteiger partial charge is 0.294 e. The third-order valence-electron chi connectivity index (χ3n) is 6.29. The molecule has 0 bridgehead atoms. The maximum atomic E-state index is 13.2. The van der Waals surface area contributed by atoms with Crippen LogP contribution in [0.5, 0.6) is 5.75 Å². The predicted octanol–water partition coefficient (Wildman–Crippen LogP) is 1.34. The van der Waals surface area contributed by atoms with E-state index in [9.17, 15) is 24.3 Å². The minimum atomic E-state index is -1.00. The Morgan fingerprint density at radius 1 is 1.06 bits per heavy atom. The highest BCUT2D eigenvalue weighted by atomic mass is 16.3. The predicted molar refractivity (Wildman–Crippen MR) is 123 cm³/mol. The number of benzene rings is 2. The number of rotatable bonds is 4. The Kier molecular flexibility index (Phi) is 5.24. The van der Waals surface area contributed by atoms with Crippen LogP contribution in [0.3, 0.4) is 0 Å². The van der Waals surface area contributed by atoms with Crippen molar-refractivity contribution in [1.82, 2.24) is 25.5 Å². The van der Waals surface area contributed by atoms with E-state index in [1.54, 1.807) is 60.4 Å². The van der Waals surface area contributed by atoms with Gasteiger partial charge >= 0.3 is 0 Å². The summed E-state index contributed by atoms with van der Waals surface area (Å²) in [6.45, 7) is 1.35. The molecule has 0 aliphatic carbocycles. The zero-order chi connectivity index (χ0) is 24.7. The Labute approximate surface area is 199 Å². The molecule has 5 rings (SSSR count). The van der Waals surface area contributed by atoms with Gasteiger partial charge in [0.05, 0.1) is 23.1 Å². The lowest BCUT2D eigenvalue weighted by Crippen LogP contribution is -2.64. The summed E-state index contributed by atoms with van der Waals surface area (Å²) in [6.07, 6.45) is 1.90. The summed E-state index contributed by atoms with van der Waals surface area (Å²) < 4.78 is 1.34. The number of hydrogen-bond acceptors (Lipinski definition) is 6. The average Bonchev–Trinajstić information content (AvgIpc) is 3.40. The molecule has 0 radical (unpaired) electrons. The third kappa shape index (κ3) is 3.66. The SMILES string of the molecule is CC12CCC(=O)N1c1ccccc1C(=O)N2CC(=O)NNC(=O)c1nn(-c2ccccc2)cc1O. The van der Waals surface area contributed by atoms with Crippen LogP contribution in [-0.2, 0) is 9.59 Å². The van der Waals surface area contributed by atoms with Crippen LogP contribution in [0.15, 0.2) is 60.8 Å². The highest BCUT2D eigenvalue weighted by molar-refractivity contribution is 6.11. The summed E-state index contributed by atoms with van der Waals surface area (Å²) in [5.74, 6) is -2.38. The summed E-state index contributed by atoms with van der Waals surface area (Å²) in [5.41, 5.74) is 4.68. The van der Waals surface area contributed by atoms with Gasteiger partial charge in [0.2, 0.25) is 5.91 Å². The molecule has 0 spiro atoms. The molecule has 1 atom stereocenters. The van der Waals surface area contributed by atoms with Gasteiger partial charge < -0.3 is 10.0 Å². The normalized spacial score (nSPS) is 18.8. The summed E-state index contributed by atoms with van der Waals surface area (Å²) in [4.78, 5) is 54.0. The van der Waals surface area contributed by atoms with E-state index in [1.165, 1.54) is 15.8 Å². The van der Waals surface area contributed by atoms with Crippen molar-refractivity contribution in [2.45, 2.75) is 25.4 Å². The number of hydrogen-bond donors (Lipinski definition) is 3. The van der Waals surface area contributed by atoms with Crippen molar-refractivity contribution in [3.8, 4) is 11.4 Å². The topological polar surface area (TPSA) is 137 Å². The molecule has 178 valence electrons. The van der Waals surface area contributed by atoms with Crippen LogP contribution in [0.2, 0.25) is 0 Å². The van der Waals surface area contributed by atoms with Gasteiger partial charge in [0, 0.05) is 6.42 Å². The van der Waals surface area contributed by atoms with Crippen molar-refractivity contribution >= 4 is 29.3 Å². The van der Waals surface area contributed by atoms with E-state index >= 15 is 0 Å². The van der Waals surface area contributed by atoms with Crippen molar-refractivity contribution in [2.24, 2.45) is 0 Å². The first kappa shape index (κ1) is 22.1. The molecule has 1 fully saturated rings. The lowest BCUT2D eigenvalue weighted by molar-refractivity contribution is -0.124. The molecule has 11 nitrogen and oxygen atoms in total. The Bertz CT molecular complexity index is 1350. The van der Waals surface area contributed by atoms with Crippen molar-refractivity contribution < 1.29 is 24.3 Å². The second-order valence-electron chi connectivity index (χ2n) is 8.50. The number of aromatic nitrogens is 2. The number of carbonyl (C=O) groups is 4. The Hall–Kier alpha value is -4.67. The first-order chi connectivity index (χ1) is 16.8. The Morgan fingerprint density at radius 3 is 2.54 bits per heavy atom. The number of para-hydroxylation sites is 2. The van der Waals surface area contributed by atoms with Crippen molar-refractivity contribution in [3.63, 3.8) is 0 Å². The molecule has 1 aromatic heterocycles. The highest BCUT2D eigenvalue weighted by Gasteiger charge is 2.53. The van der Waals surface area contributed by atoms with Crippen LogP contribution in [0.25, 0.3) is 5.69 Å². The van der Waals surface area contributed by atoms with Gasteiger partial charge in [0.1, 0.15) is 12.2 Å². The molecular weight excluding hydrogens is 452 g/mol. The molecule has 1 unspecified atom stereocenters. The van der Waals surface area contributed by atoms with Crippen LogP contribution in [0, 0.1) is 0 Å². The number of fused-ring (bicyclic) bond motifs is 3. The van der Waals surface area contributed by atoms with Crippen LogP contribution in [0.1, 0.15) is 40.6 Å². The number of anilines is 1. The van der Waals surface area contributed by atoms with E-state index in [0.717, 1.165) is 0 Å². The van der Waals surface area contributed by atoms with Crippen LogP contribution >= 0.6 is 0 Å². The molecule has 2 aromatic carbocycles. The first-order valence-electron chi connectivity index (χ1n) is 11.0. The molecule has 35 heavy (non-hydrogen) atoms. The standard InChI is InChI=1S/C24H22N6O5/c1-24-12-11-20(33)30(24)17-10-6-5-9-16(17)23(35)28(24)14-19(32)25-26-22(34)21-18(31)13-29(27-21)15-7-3-2-4-8-15/h2-10,13,31H,11-12,14H2,1H3,(H,25,32)(H,26,34). The molecular formula is C24H22N6O5. The summed E-state index contributed by atoms with van der Waals surface area (Å²) in [6, 6.07) is 15.7. The van der Waals surface area contributed by atoms with Gasteiger partial charge in [0.15, 0.2) is 11.4 Å². The van der Waals surface area contributed by atoms with E-state index < -0.39 is 24.0 Å². The zero-order valence-corrected chi connectivity index (χ0v) is 18.8. The van der Waals surface area contributed by atoms with E-state index in [2.05, 4.69) is 16.0 Å². The van der Waals surface area contributed by atoms with Crippen molar-refractivity contribution in [2.75, 3.05) is 11.4 Å². The maximum Gasteiger partial charge on any atom is 0.294 e. The molecule has 11 heteroatoms. The second kappa shape index (κ2) is 8.28. The lowest BCUT2D eigenvalue weighted by atomic mass is 9.98. The summed E-state index contributed by atoms with van der Waals surface area (Å²) in [7, 11) is 0. The quantitative estimate of drug-likeness (QED) is 0.488. The van der Waals surface area contributed by atoms with Gasteiger partial charge in [-0.25, -0.2) is 4.68 Å². The molecule has 3 heterocycles. The van der Waals surface area contributed by atoms with Crippen LogP contribution < -0.4 is 15.8 Å². The summed E-state index contributed by atoms with van der Waals surface area (Å²) in [5, 5.41) is 14.2. The number of nitrogens with zero attached hydrogens (tertiary/aromatic N) is 4. The van der Waals surface area contributed by atoms with Crippen LogP contribution in [-0.4, -0.2) is 55.6 Å². The van der Waals surface area contributed by atoms with Crippen LogP contribution in [0.4, 0.5) is 5.69 Å². The fourth-order valence-corrected chi connectivity index (χ4v) is 4.55. The van der Waals surface area contributed by atoms with Crippen molar-refractivity contribution in [1.29, 1.82) is 0 Å². The first-order valence-corrected chi connectivity index (χ1v) is 11.0. The minimum Gasteiger partial charge on any atom is -0.504 e. The molecule has 3 aromatic rings. The van der Waals surface area contributed by atoms with Gasteiger partial charge in [-0.3, -0.25) is 34.9 Å². The number of hydrazine groups is 1. The van der Waals surface area contributed by atoms with Gasteiger partial charge in [-0.05, 0) is 37.6 Å². The largest absolute Gasteiger partial charge is 0.504 e. The molecule has 2 aliphatic rings. The highest BCUT2D eigenvalue weighted by Crippen LogP contribution is 2.43. The minimum absolute atomic E-state index is 0.129. The van der Waals surface area contributed by atoms with E-state index in [1.807, 2.05) is 6.07 Å². The van der Waals surface area contributed by atoms with E-state index in [-0.39, 0.29) is 29.7 Å². The maximum absolute atomic E-state index is 13.2. The average molecular weight is 474 g/mol. The van der Waals surface area contributed by atoms with Gasteiger partial charge in [-0.2, -0.15) is 5.10 Å². The number of aromatic hydroxyl groups is 1. The number of nitrogens with one attached hydrogen (secondary N) is 2. The second-order valence-corrected chi connectivity index (χ2v) is 8.50. The fraction of sp³-hybridized carbons (Fsp3) is 0.208. The lowest BCUT2D eigenvalue weighted by Gasteiger charge is -2.48. The fourth-order valence-electron chi connectivity index (χ4n) is 4.55.